The average molecular weight is 206 g/mol. The van der Waals surface area contributed by atoms with Crippen LogP contribution in [0.1, 0.15) is 18.1 Å². The first-order valence-corrected chi connectivity index (χ1v) is 5.28. The Bertz CT molecular complexity index is 346. The fourth-order valence-electron chi connectivity index (χ4n) is 2.07. The number of ether oxygens (including phenoxy) is 3. The van der Waals surface area contributed by atoms with Gasteiger partial charge in [-0.3, -0.25) is 0 Å². The van der Waals surface area contributed by atoms with Gasteiger partial charge in [0.2, 0.25) is 0 Å². The van der Waals surface area contributed by atoms with Crippen molar-refractivity contribution in [1.82, 2.24) is 0 Å². The molecule has 0 aliphatic carbocycles. The molecule has 0 aromatic heterocycles. The molecule has 3 nitrogen and oxygen atoms in total. The summed E-state index contributed by atoms with van der Waals surface area (Å²) in [4.78, 5) is 0. The zero-order chi connectivity index (χ0) is 10.3. The number of rotatable bonds is 2. The summed E-state index contributed by atoms with van der Waals surface area (Å²) < 4.78 is 16.3. The van der Waals surface area contributed by atoms with Gasteiger partial charge < -0.3 is 14.2 Å². The van der Waals surface area contributed by atoms with Gasteiger partial charge in [-0.25, -0.2) is 0 Å². The van der Waals surface area contributed by atoms with Gasteiger partial charge in [0, 0.05) is 6.42 Å². The first kappa shape index (κ1) is 9.19. The Morgan fingerprint density at radius 1 is 1.20 bits per heavy atom. The lowest BCUT2D eigenvalue weighted by Gasteiger charge is -2.20. The maximum absolute atomic E-state index is 5.73. The molecule has 0 N–H and O–H groups in total. The summed E-state index contributed by atoms with van der Waals surface area (Å²) in [6.45, 7) is 0.737. The second kappa shape index (κ2) is 3.51. The Morgan fingerprint density at radius 2 is 2.00 bits per heavy atom. The standard InChI is InChI=1S/C12H14O3/c1-13-9-4-2-8(3-5-9)10-6-11-12(15-11)7-14-10/h2-5,10-12H,6-7H2,1H3/t10-,11?,12?/m0/s1. The van der Waals surface area contributed by atoms with Gasteiger partial charge in [-0.05, 0) is 17.7 Å². The van der Waals surface area contributed by atoms with Crippen molar-refractivity contribution in [3.63, 3.8) is 0 Å². The summed E-state index contributed by atoms with van der Waals surface area (Å²) in [6.07, 6.45) is 1.99. The lowest BCUT2D eigenvalue weighted by molar-refractivity contribution is 0.0289. The van der Waals surface area contributed by atoms with Crippen LogP contribution in [0.5, 0.6) is 5.75 Å². The number of methoxy groups -OCH3 is 1. The molecule has 0 spiro atoms. The number of epoxide rings is 1. The lowest BCUT2D eigenvalue weighted by atomic mass is 10.0. The average Bonchev–Trinajstić information content (AvgIpc) is 3.07. The third-order valence-electron chi connectivity index (χ3n) is 3.08. The Balaban J connectivity index is 1.74. The van der Waals surface area contributed by atoms with E-state index in [0.29, 0.717) is 12.2 Å². The fourth-order valence-corrected chi connectivity index (χ4v) is 2.07. The van der Waals surface area contributed by atoms with E-state index in [1.165, 1.54) is 5.56 Å². The molecule has 0 bridgehead atoms. The minimum Gasteiger partial charge on any atom is -0.497 e. The molecule has 0 radical (unpaired) electrons. The quantitative estimate of drug-likeness (QED) is 0.693. The van der Waals surface area contributed by atoms with Crippen molar-refractivity contribution in [2.24, 2.45) is 0 Å². The van der Waals surface area contributed by atoms with Crippen LogP contribution < -0.4 is 4.74 Å². The Morgan fingerprint density at radius 3 is 2.67 bits per heavy atom. The van der Waals surface area contributed by atoms with Crippen LogP contribution >= 0.6 is 0 Å². The summed E-state index contributed by atoms with van der Waals surface area (Å²) in [6, 6.07) is 8.06. The van der Waals surface area contributed by atoms with E-state index in [9.17, 15) is 0 Å². The topological polar surface area (TPSA) is 31.0 Å². The van der Waals surface area contributed by atoms with E-state index in [2.05, 4.69) is 12.1 Å². The van der Waals surface area contributed by atoms with Crippen molar-refractivity contribution >= 4 is 0 Å². The third-order valence-corrected chi connectivity index (χ3v) is 3.08. The largest absolute Gasteiger partial charge is 0.497 e. The molecule has 3 atom stereocenters. The molecule has 15 heavy (non-hydrogen) atoms. The SMILES string of the molecule is COc1ccc([C@@H]2CC3OC3CO2)cc1. The smallest absolute Gasteiger partial charge is 0.118 e. The van der Waals surface area contributed by atoms with E-state index in [4.69, 9.17) is 14.2 Å². The Kier molecular flexibility index (Phi) is 2.15. The second-order valence-corrected chi connectivity index (χ2v) is 4.04. The van der Waals surface area contributed by atoms with Gasteiger partial charge >= 0.3 is 0 Å². The highest BCUT2D eigenvalue weighted by Crippen LogP contribution is 2.39. The molecular weight excluding hydrogens is 192 g/mol. The van der Waals surface area contributed by atoms with Crippen molar-refractivity contribution in [2.75, 3.05) is 13.7 Å². The zero-order valence-corrected chi connectivity index (χ0v) is 8.68. The Hall–Kier alpha value is -1.06. The highest BCUT2D eigenvalue weighted by Gasteiger charge is 2.45. The summed E-state index contributed by atoms with van der Waals surface area (Å²) in [5.41, 5.74) is 1.21. The van der Waals surface area contributed by atoms with Crippen LogP contribution in [0.25, 0.3) is 0 Å². The Labute approximate surface area is 89.0 Å². The predicted molar refractivity (Wildman–Crippen MR) is 55.0 cm³/mol. The molecule has 3 heteroatoms. The van der Waals surface area contributed by atoms with E-state index < -0.39 is 0 Å². The summed E-state index contributed by atoms with van der Waals surface area (Å²) in [5, 5.41) is 0. The molecule has 0 amide bonds. The second-order valence-electron chi connectivity index (χ2n) is 4.04. The van der Waals surface area contributed by atoms with E-state index in [-0.39, 0.29) is 6.10 Å². The van der Waals surface area contributed by atoms with Crippen molar-refractivity contribution in [1.29, 1.82) is 0 Å². The molecule has 0 saturated carbocycles. The molecule has 2 fully saturated rings. The van der Waals surface area contributed by atoms with Crippen LogP contribution in [-0.2, 0) is 9.47 Å². The van der Waals surface area contributed by atoms with Crippen LogP contribution in [0.15, 0.2) is 24.3 Å². The summed E-state index contributed by atoms with van der Waals surface area (Å²) >= 11 is 0. The van der Waals surface area contributed by atoms with Crippen molar-refractivity contribution < 1.29 is 14.2 Å². The molecule has 2 aliphatic rings. The number of hydrogen-bond acceptors (Lipinski definition) is 3. The first-order chi connectivity index (χ1) is 7.36. The van der Waals surface area contributed by atoms with Gasteiger partial charge in [-0.1, -0.05) is 12.1 Å². The highest BCUT2D eigenvalue weighted by molar-refractivity contribution is 5.29. The van der Waals surface area contributed by atoms with E-state index in [1.54, 1.807) is 7.11 Å². The molecule has 2 unspecified atom stereocenters. The van der Waals surface area contributed by atoms with Crippen LogP contribution in [0.3, 0.4) is 0 Å². The zero-order valence-electron chi connectivity index (χ0n) is 8.68. The van der Waals surface area contributed by atoms with E-state index in [1.807, 2.05) is 12.1 Å². The van der Waals surface area contributed by atoms with E-state index >= 15 is 0 Å². The van der Waals surface area contributed by atoms with Gasteiger partial charge in [0.15, 0.2) is 0 Å². The van der Waals surface area contributed by atoms with Crippen LogP contribution in [0.2, 0.25) is 0 Å². The summed E-state index contributed by atoms with van der Waals surface area (Å²) in [5.74, 6) is 0.884. The molecule has 1 aromatic carbocycles. The minimum atomic E-state index is 0.194. The van der Waals surface area contributed by atoms with Gasteiger partial charge in [0.05, 0.1) is 25.9 Å². The molecule has 2 saturated heterocycles. The van der Waals surface area contributed by atoms with Crippen molar-refractivity contribution in [3.8, 4) is 5.75 Å². The third kappa shape index (κ3) is 1.73. The molecule has 2 heterocycles. The fraction of sp³-hybridized carbons (Fsp3) is 0.500. The van der Waals surface area contributed by atoms with Gasteiger partial charge in [0.1, 0.15) is 11.9 Å². The number of hydrogen-bond donors (Lipinski definition) is 0. The van der Waals surface area contributed by atoms with E-state index in [0.717, 1.165) is 18.8 Å². The molecule has 80 valence electrons. The van der Waals surface area contributed by atoms with Crippen LogP contribution in [-0.4, -0.2) is 25.9 Å². The first-order valence-electron chi connectivity index (χ1n) is 5.28. The lowest BCUT2D eigenvalue weighted by Crippen LogP contribution is -2.18. The molecule has 1 aromatic rings. The van der Waals surface area contributed by atoms with Gasteiger partial charge in [-0.2, -0.15) is 0 Å². The van der Waals surface area contributed by atoms with Gasteiger partial charge in [0.25, 0.3) is 0 Å². The monoisotopic (exact) mass is 206 g/mol. The number of benzene rings is 1. The number of fused-ring (bicyclic) bond motifs is 1. The highest BCUT2D eigenvalue weighted by atomic mass is 16.6. The molecular formula is C12H14O3. The maximum Gasteiger partial charge on any atom is 0.118 e. The van der Waals surface area contributed by atoms with Crippen LogP contribution in [0, 0.1) is 0 Å². The molecule has 2 aliphatic heterocycles. The minimum absolute atomic E-state index is 0.194. The van der Waals surface area contributed by atoms with Crippen LogP contribution in [0.4, 0.5) is 0 Å². The predicted octanol–water partition coefficient (Wildman–Crippen LogP) is 1.92. The summed E-state index contributed by atoms with van der Waals surface area (Å²) in [7, 11) is 1.68. The van der Waals surface area contributed by atoms with Gasteiger partial charge in [-0.15, -0.1) is 0 Å². The maximum atomic E-state index is 5.73. The van der Waals surface area contributed by atoms with Crippen molar-refractivity contribution in [3.05, 3.63) is 29.8 Å². The van der Waals surface area contributed by atoms with Crippen molar-refractivity contribution in [2.45, 2.75) is 24.7 Å². The molecule has 3 rings (SSSR count). The normalized spacial score (nSPS) is 33.3.